The van der Waals surface area contributed by atoms with Gasteiger partial charge in [-0.25, -0.2) is 4.98 Å². The Morgan fingerprint density at radius 3 is 2.77 bits per heavy atom. The number of carbonyl (C=O) groups excluding carboxylic acids is 2. The normalized spacial score (nSPS) is 20.0. The Hall–Kier alpha value is -1.85. The first kappa shape index (κ1) is 18.9. The summed E-state index contributed by atoms with van der Waals surface area (Å²) >= 11 is 0. The molecule has 2 aliphatic rings. The molecule has 2 amide bonds. The Morgan fingerprint density at radius 2 is 2.04 bits per heavy atom. The van der Waals surface area contributed by atoms with Crippen LogP contribution in [0.2, 0.25) is 0 Å². The molecule has 1 unspecified atom stereocenters. The van der Waals surface area contributed by atoms with E-state index in [1.807, 2.05) is 11.6 Å². The van der Waals surface area contributed by atoms with E-state index in [0.29, 0.717) is 18.3 Å². The summed E-state index contributed by atoms with van der Waals surface area (Å²) in [5, 5.41) is 3.21. The highest BCUT2D eigenvalue weighted by molar-refractivity contribution is 5.93. The van der Waals surface area contributed by atoms with Crippen LogP contribution in [0.15, 0.2) is 6.33 Å². The average Bonchev–Trinajstić information content (AvgIpc) is 3.30. The highest BCUT2D eigenvalue weighted by atomic mass is 16.2. The molecule has 26 heavy (non-hydrogen) atoms. The number of rotatable bonds is 7. The Labute approximate surface area is 156 Å². The monoisotopic (exact) mass is 360 g/mol. The number of imidazole rings is 1. The number of nitrogens with zero attached hydrogens (tertiary/aromatic N) is 3. The van der Waals surface area contributed by atoms with Crippen molar-refractivity contribution in [2.75, 3.05) is 13.6 Å². The van der Waals surface area contributed by atoms with Gasteiger partial charge in [0, 0.05) is 26.2 Å². The molecule has 1 atom stereocenters. The fraction of sp³-hybridized carbons (Fsp3) is 0.750. The van der Waals surface area contributed by atoms with Crippen molar-refractivity contribution in [1.29, 1.82) is 0 Å². The zero-order valence-electron chi connectivity index (χ0n) is 16.2. The van der Waals surface area contributed by atoms with Gasteiger partial charge in [0.15, 0.2) is 0 Å². The summed E-state index contributed by atoms with van der Waals surface area (Å²) < 4.78 is 2.01. The highest BCUT2D eigenvalue weighted by Gasteiger charge is 2.30. The van der Waals surface area contributed by atoms with Crippen molar-refractivity contribution in [3.8, 4) is 0 Å². The molecule has 1 aromatic heterocycles. The van der Waals surface area contributed by atoms with E-state index >= 15 is 0 Å². The average molecular weight is 361 g/mol. The van der Waals surface area contributed by atoms with Crippen LogP contribution in [0.4, 0.5) is 0 Å². The zero-order chi connectivity index (χ0) is 18.5. The van der Waals surface area contributed by atoms with E-state index in [-0.39, 0.29) is 17.7 Å². The lowest BCUT2D eigenvalue weighted by Crippen LogP contribution is -2.40. The SMILES string of the molecule is CCCCCN(C)C(=O)c1ncn2c1CCC(C(=O)NC1CCCC1)C2. The molecular formula is C20H32N4O2. The van der Waals surface area contributed by atoms with E-state index < -0.39 is 0 Å². The van der Waals surface area contributed by atoms with Gasteiger partial charge in [0.25, 0.3) is 5.91 Å². The van der Waals surface area contributed by atoms with Crippen LogP contribution in [0, 0.1) is 5.92 Å². The minimum Gasteiger partial charge on any atom is -0.353 e. The summed E-state index contributed by atoms with van der Waals surface area (Å²) in [6, 6.07) is 0.362. The number of nitrogens with one attached hydrogen (secondary N) is 1. The first-order valence-electron chi connectivity index (χ1n) is 10.2. The van der Waals surface area contributed by atoms with Gasteiger partial charge in [0.1, 0.15) is 5.69 Å². The van der Waals surface area contributed by atoms with Gasteiger partial charge in [-0.3, -0.25) is 9.59 Å². The van der Waals surface area contributed by atoms with Gasteiger partial charge >= 0.3 is 0 Å². The topological polar surface area (TPSA) is 67.2 Å². The Kier molecular flexibility index (Phi) is 6.33. The molecule has 0 saturated heterocycles. The van der Waals surface area contributed by atoms with Gasteiger partial charge in [0.2, 0.25) is 5.91 Å². The van der Waals surface area contributed by atoms with Gasteiger partial charge in [-0.15, -0.1) is 0 Å². The summed E-state index contributed by atoms with van der Waals surface area (Å²) in [7, 11) is 1.85. The summed E-state index contributed by atoms with van der Waals surface area (Å²) in [6.45, 7) is 3.56. The van der Waals surface area contributed by atoms with Gasteiger partial charge in [-0.1, -0.05) is 32.6 Å². The summed E-state index contributed by atoms with van der Waals surface area (Å²) in [5.41, 5.74) is 1.56. The van der Waals surface area contributed by atoms with Crippen LogP contribution in [0.1, 0.15) is 74.5 Å². The first-order chi connectivity index (χ1) is 12.6. The maximum absolute atomic E-state index is 12.7. The Morgan fingerprint density at radius 1 is 1.27 bits per heavy atom. The fourth-order valence-corrected chi connectivity index (χ4v) is 4.13. The number of carbonyl (C=O) groups is 2. The molecule has 144 valence electrons. The largest absolute Gasteiger partial charge is 0.353 e. The van der Waals surface area contributed by atoms with Crippen LogP contribution in [-0.4, -0.2) is 45.9 Å². The number of hydrogen-bond acceptors (Lipinski definition) is 3. The molecule has 0 aromatic carbocycles. The third kappa shape index (κ3) is 4.27. The predicted octanol–water partition coefficient (Wildman–Crippen LogP) is 2.77. The van der Waals surface area contributed by atoms with Gasteiger partial charge in [0.05, 0.1) is 17.9 Å². The number of amides is 2. The molecule has 0 spiro atoms. The summed E-state index contributed by atoms with van der Waals surface area (Å²) in [6.07, 6.45) is 11.2. The molecule has 3 rings (SSSR count). The maximum atomic E-state index is 12.7. The Bertz CT molecular complexity index is 634. The van der Waals surface area contributed by atoms with Gasteiger partial charge in [-0.05, 0) is 32.1 Å². The third-order valence-corrected chi connectivity index (χ3v) is 5.81. The lowest BCUT2D eigenvalue weighted by atomic mass is 9.95. The van der Waals surface area contributed by atoms with E-state index in [1.165, 1.54) is 12.8 Å². The lowest BCUT2D eigenvalue weighted by Gasteiger charge is -2.26. The quantitative estimate of drug-likeness (QED) is 0.760. The van der Waals surface area contributed by atoms with E-state index in [9.17, 15) is 9.59 Å². The second-order valence-electron chi connectivity index (χ2n) is 7.85. The standard InChI is InChI=1S/C20H32N4O2/c1-3-4-7-12-23(2)20(26)18-17-11-10-15(13-24(17)14-21-18)19(25)22-16-8-5-6-9-16/h14-16H,3-13H2,1-2H3,(H,22,25). The summed E-state index contributed by atoms with van der Waals surface area (Å²) in [5.74, 6) is 0.159. The fourth-order valence-electron chi connectivity index (χ4n) is 4.13. The molecular weight excluding hydrogens is 328 g/mol. The van der Waals surface area contributed by atoms with Crippen LogP contribution < -0.4 is 5.32 Å². The van der Waals surface area contributed by atoms with Crippen LogP contribution in [-0.2, 0) is 17.8 Å². The summed E-state index contributed by atoms with van der Waals surface area (Å²) in [4.78, 5) is 31.4. The lowest BCUT2D eigenvalue weighted by molar-refractivity contribution is -0.126. The van der Waals surface area contributed by atoms with Crippen molar-refractivity contribution < 1.29 is 9.59 Å². The van der Waals surface area contributed by atoms with Gasteiger partial charge in [-0.2, -0.15) is 0 Å². The van der Waals surface area contributed by atoms with E-state index in [4.69, 9.17) is 0 Å². The van der Waals surface area contributed by atoms with Crippen molar-refractivity contribution in [3.63, 3.8) is 0 Å². The predicted molar refractivity (Wildman–Crippen MR) is 101 cm³/mol. The first-order valence-corrected chi connectivity index (χ1v) is 10.2. The number of aromatic nitrogens is 2. The molecule has 6 heteroatoms. The molecule has 1 N–H and O–H groups in total. The van der Waals surface area contributed by atoms with Crippen LogP contribution in [0.3, 0.4) is 0 Å². The minimum atomic E-state index is -0.0115. The molecule has 1 aliphatic carbocycles. The zero-order valence-corrected chi connectivity index (χ0v) is 16.2. The van der Waals surface area contributed by atoms with Crippen LogP contribution >= 0.6 is 0 Å². The molecule has 1 saturated carbocycles. The molecule has 1 fully saturated rings. The number of fused-ring (bicyclic) bond motifs is 1. The second kappa shape index (κ2) is 8.69. The molecule has 1 aliphatic heterocycles. The van der Waals surface area contributed by atoms with Crippen LogP contribution in [0.5, 0.6) is 0 Å². The molecule has 0 radical (unpaired) electrons. The van der Waals surface area contributed by atoms with E-state index in [0.717, 1.165) is 57.2 Å². The van der Waals surface area contributed by atoms with Crippen LogP contribution in [0.25, 0.3) is 0 Å². The molecule has 1 aromatic rings. The third-order valence-electron chi connectivity index (χ3n) is 5.81. The molecule has 2 heterocycles. The number of unbranched alkanes of at least 4 members (excludes halogenated alkanes) is 2. The van der Waals surface area contributed by atoms with Crippen molar-refractivity contribution in [1.82, 2.24) is 19.8 Å². The van der Waals surface area contributed by atoms with Crippen molar-refractivity contribution in [3.05, 3.63) is 17.7 Å². The maximum Gasteiger partial charge on any atom is 0.274 e. The van der Waals surface area contributed by atoms with E-state index in [2.05, 4.69) is 17.2 Å². The molecule has 0 bridgehead atoms. The van der Waals surface area contributed by atoms with Gasteiger partial charge < -0.3 is 14.8 Å². The smallest absolute Gasteiger partial charge is 0.274 e. The molecule has 6 nitrogen and oxygen atoms in total. The highest BCUT2D eigenvalue weighted by Crippen LogP contribution is 2.25. The minimum absolute atomic E-state index is 0.00344. The van der Waals surface area contributed by atoms with Crippen molar-refractivity contribution in [2.45, 2.75) is 77.3 Å². The van der Waals surface area contributed by atoms with Crippen molar-refractivity contribution in [2.24, 2.45) is 5.92 Å². The number of hydrogen-bond donors (Lipinski definition) is 1. The van der Waals surface area contributed by atoms with E-state index in [1.54, 1.807) is 11.2 Å². The Balaban J connectivity index is 1.59. The second-order valence-corrected chi connectivity index (χ2v) is 7.85. The van der Waals surface area contributed by atoms with Crippen molar-refractivity contribution >= 4 is 11.8 Å².